The standard InChI is InChI=1S/C21H28N4O2/c1-13(2)11-19-22-21(25-24-19)23-20(27)14(3)16-9-7-15(8-10-16)12-17-5-4-6-18(17)26/h7-10,13-14,17H,4-6,11-12H2,1-3H3,(H2,22,23,24,25,27). The molecule has 0 bridgehead atoms. The van der Waals surface area contributed by atoms with E-state index in [1.54, 1.807) is 0 Å². The largest absolute Gasteiger partial charge is 0.299 e. The third-order valence-electron chi connectivity index (χ3n) is 5.15. The van der Waals surface area contributed by atoms with Crippen molar-refractivity contribution in [3.8, 4) is 0 Å². The first-order valence-corrected chi connectivity index (χ1v) is 9.76. The molecule has 3 rings (SSSR count). The van der Waals surface area contributed by atoms with E-state index in [-0.39, 0.29) is 17.7 Å². The van der Waals surface area contributed by atoms with Crippen LogP contribution in [-0.4, -0.2) is 26.9 Å². The molecule has 2 N–H and O–H groups in total. The van der Waals surface area contributed by atoms with Crippen molar-refractivity contribution in [2.45, 2.75) is 58.8 Å². The number of amides is 1. The number of carbonyl (C=O) groups is 2. The molecule has 1 fully saturated rings. The lowest BCUT2D eigenvalue weighted by atomic mass is 9.94. The van der Waals surface area contributed by atoms with Gasteiger partial charge in [0.2, 0.25) is 11.9 Å². The summed E-state index contributed by atoms with van der Waals surface area (Å²) in [4.78, 5) is 28.6. The van der Waals surface area contributed by atoms with Crippen molar-refractivity contribution in [1.29, 1.82) is 0 Å². The number of aromatic nitrogens is 3. The molecule has 0 saturated heterocycles. The van der Waals surface area contributed by atoms with Crippen LogP contribution in [0, 0.1) is 11.8 Å². The average molecular weight is 368 g/mol. The highest BCUT2D eigenvalue weighted by Gasteiger charge is 2.24. The molecular weight excluding hydrogens is 340 g/mol. The van der Waals surface area contributed by atoms with Crippen molar-refractivity contribution in [3.05, 3.63) is 41.2 Å². The Kier molecular flexibility index (Phi) is 6.04. The fourth-order valence-corrected chi connectivity index (χ4v) is 3.53. The number of rotatable bonds is 7. The first kappa shape index (κ1) is 19.3. The second-order valence-corrected chi connectivity index (χ2v) is 7.92. The number of aromatic amines is 1. The molecule has 27 heavy (non-hydrogen) atoms. The highest BCUT2D eigenvalue weighted by Crippen LogP contribution is 2.26. The van der Waals surface area contributed by atoms with E-state index < -0.39 is 0 Å². The number of H-pyrrole nitrogens is 1. The molecule has 0 radical (unpaired) electrons. The van der Waals surface area contributed by atoms with E-state index in [1.807, 2.05) is 31.2 Å². The highest BCUT2D eigenvalue weighted by molar-refractivity contribution is 5.94. The van der Waals surface area contributed by atoms with E-state index in [4.69, 9.17) is 0 Å². The summed E-state index contributed by atoms with van der Waals surface area (Å²) in [6, 6.07) is 8.00. The number of nitrogens with zero attached hydrogens (tertiary/aromatic N) is 2. The van der Waals surface area contributed by atoms with Gasteiger partial charge in [0.1, 0.15) is 11.6 Å². The maximum atomic E-state index is 12.5. The predicted molar refractivity (Wildman–Crippen MR) is 104 cm³/mol. The van der Waals surface area contributed by atoms with E-state index in [0.717, 1.165) is 49.1 Å². The Bertz CT molecular complexity index is 795. The molecule has 144 valence electrons. The van der Waals surface area contributed by atoms with Crippen LogP contribution in [-0.2, 0) is 22.4 Å². The Labute approximate surface area is 160 Å². The Hall–Kier alpha value is -2.50. The van der Waals surface area contributed by atoms with Gasteiger partial charge in [-0.15, -0.1) is 5.10 Å². The molecule has 6 nitrogen and oxygen atoms in total. The molecule has 6 heteroatoms. The summed E-state index contributed by atoms with van der Waals surface area (Å²) in [5.41, 5.74) is 2.09. The van der Waals surface area contributed by atoms with E-state index in [2.05, 4.69) is 34.3 Å². The van der Waals surface area contributed by atoms with E-state index in [0.29, 0.717) is 17.6 Å². The molecule has 1 heterocycles. The minimum Gasteiger partial charge on any atom is -0.299 e. The summed E-state index contributed by atoms with van der Waals surface area (Å²) >= 11 is 0. The number of hydrogen-bond donors (Lipinski definition) is 2. The average Bonchev–Trinajstić information content (AvgIpc) is 3.23. The third kappa shape index (κ3) is 5.02. The summed E-state index contributed by atoms with van der Waals surface area (Å²) in [7, 11) is 0. The van der Waals surface area contributed by atoms with Gasteiger partial charge < -0.3 is 0 Å². The smallest absolute Gasteiger partial charge is 0.248 e. The van der Waals surface area contributed by atoms with Gasteiger partial charge in [0.25, 0.3) is 0 Å². The van der Waals surface area contributed by atoms with Gasteiger partial charge in [0.15, 0.2) is 0 Å². The Morgan fingerprint density at radius 1 is 1.26 bits per heavy atom. The lowest BCUT2D eigenvalue weighted by Crippen LogP contribution is -2.19. The van der Waals surface area contributed by atoms with Gasteiger partial charge in [-0.25, -0.2) is 0 Å². The molecule has 1 saturated carbocycles. The van der Waals surface area contributed by atoms with Crippen LogP contribution in [0.25, 0.3) is 0 Å². The van der Waals surface area contributed by atoms with Crippen molar-refractivity contribution in [2.75, 3.05) is 5.32 Å². The monoisotopic (exact) mass is 368 g/mol. The van der Waals surface area contributed by atoms with E-state index in [1.165, 1.54) is 0 Å². The van der Waals surface area contributed by atoms with Crippen LogP contribution in [0.5, 0.6) is 0 Å². The second-order valence-electron chi connectivity index (χ2n) is 7.92. The fourth-order valence-electron chi connectivity index (χ4n) is 3.53. The zero-order valence-corrected chi connectivity index (χ0v) is 16.3. The summed E-state index contributed by atoms with van der Waals surface area (Å²) in [6.45, 7) is 6.08. The Balaban J connectivity index is 1.57. The van der Waals surface area contributed by atoms with Crippen LogP contribution in [0.3, 0.4) is 0 Å². The van der Waals surface area contributed by atoms with E-state index in [9.17, 15) is 9.59 Å². The number of carbonyl (C=O) groups excluding carboxylic acids is 2. The van der Waals surface area contributed by atoms with Gasteiger partial charge in [-0.2, -0.15) is 4.98 Å². The first-order chi connectivity index (χ1) is 12.9. The normalized spacial score (nSPS) is 18.1. The van der Waals surface area contributed by atoms with Crippen LogP contribution in [0.1, 0.15) is 62.9 Å². The number of Topliss-reactive ketones (excluding diaryl/α,β-unsaturated/α-hetero) is 1. The molecule has 1 aliphatic carbocycles. The van der Waals surface area contributed by atoms with Gasteiger partial charge in [-0.3, -0.25) is 20.0 Å². The lowest BCUT2D eigenvalue weighted by Gasteiger charge is -2.13. The molecule has 1 aliphatic rings. The van der Waals surface area contributed by atoms with Gasteiger partial charge in [-0.1, -0.05) is 38.1 Å². The van der Waals surface area contributed by atoms with Crippen molar-refractivity contribution >= 4 is 17.6 Å². The first-order valence-electron chi connectivity index (χ1n) is 9.76. The van der Waals surface area contributed by atoms with Crippen molar-refractivity contribution in [1.82, 2.24) is 15.2 Å². The van der Waals surface area contributed by atoms with Crippen molar-refractivity contribution in [3.63, 3.8) is 0 Å². The summed E-state index contributed by atoms with van der Waals surface area (Å²) in [5, 5.41) is 9.70. The molecule has 0 spiro atoms. The van der Waals surface area contributed by atoms with Crippen molar-refractivity contribution in [2.24, 2.45) is 11.8 Å². The Morgan fingerprint density at radius 3 is 2.63 bits per heavy atom. The molecular formula is C21H28N4O2. The number of anilines is 1. The van der Waals surface area contributed by atoms with Crippen molar-refractivity contribution < 1.29 is 9.59 Å². The van der Waals surface area contributed by atoms with Crippen LogP contribution in [0.15, 0.2) is 24.3 Å². The minimum absolute atomic E-state index is 0.135. The predicted octanol–water partition coefficient (Wildman–Crippen LogP) is 3.66. The third-order valence-corrected chi connectivity index (χ3v) is 5.15. The number of hydrogen-bond acceptors (Lipinski definition) is 4. The van der Waals surface area contributed by atoms with Crippen LogP contribution < -0.4 is 5.32 Å². The van der Waals surface area contributed by atoms with Crippen LogP contribution >= 0.6 is 0 Å². The second kappa shape index (κ2) is 8.46. The quantitative estimate of drug-likeness (QED) is 0.781. The minimum atomic E-state index is -0.306. The Morgan fingerprint density at radius 2 is 2.00 bits per heavy atom. The SMILES string of the molecule is CC(C)Cc1nc(NC(=O)C(C)c2ccc(CC3CCCC3=O)cc2)n[nH]1. The zero-order valence-electron chi connectivity index (χ0n) is 16.3. The van der Waals surface area contributed by atoms with Gasteiger partial charge in [0.05, 0.1) is 5.92 Å². The molecule has 2 atom stereocenters. The highest BCUT2D eigenvalue weighted by atomic mass is 16.2. The summed E-state index contributed by atoms with van der Waals surface area (Å²) in [6.07, 6.45) is 4.33. The molecule has 0 aliphatic heterocycles. The van der Waals surface area contributed by atoms with Gasteiger partial charge >= 0.3 is 0 Å². The van der Waals surface area contributed by atoms with Gasteiger partial charge in [-0.05, 0) is 43.2 Å². The van der Waals surface area contributed by atoms with Crippen LogP contribution in [0.2, 0.25) is 0 Å². The zero-order chi connectivity index (χ0) is 19.4. The maximum absolute atomic E-state index is 12.5. The van der Waals surface area contributed by atoms with E-state index >= 15 is 0 Å². The molecule has 1 aromatic carbocycles. The molecule has 1 aromatic heterocycles. The molecule has 1 amide bonds. The van der Waals surface area contributed by atoms with Gasteiger partial charge in [0, 0.05) is 18.8 Å². The fraction of sp³-hybridized carbons (Fsp3) is 0.524. The number of ketones is 1. The summed E-state index contributed by atoms with van der Waals surface area (Å²) < 4.78 is 0. The molecule has 2 aromatic rings. The lowest BCUT2D eigenvalue weighted by molar-refractivity contribution is -0.120. The number of nitrogens with one attached hydrogen (secondary N) is 2. The van der Waals surface area contributed by atoms with Crippen LogP contribution in [0.4, 0.5) is 5.95 Å². The topological polar surface area (TPSA) is 87.7 Å². The maximum Gasteiger partial charge on any atom is 0.248 e. The summed E-state index contributed by atoms with van der Waals surface area (Å²) in [5.74, 6) is 1.68. The number of benzene rings is 1. The molecule has 2 unspecified atom stereocenters.